The normalized spacial score (nSPS) is 9.93. The van der Waals surface area contributed by atoms with E-state index in [1.54, 1.807) is 6.07 Å². The van der Waals surface area contributed by atoms with Gasteiger partial charge in [-0.2, -0.15) is 0 Å². The summed E-state index contributed by atoms with van der Waals surface area (Å²) in [6.45, 7) is -0.0440. The average Bonchev–Trinajstić information content (AvgIpc) is 2.12. The molecular formula is C9H9BrFNO2. The lowest BCUT2D eigenvalue weighted by molar-refractivity contribution is -0.119. The maximum absolute atomic E-state index is 13.0. The highest BCUT2D eigenvalue weighted by Gasteiger charge is 2.04. The van der Waals surface area contributed by atoms with Crippen LogP contribution < -0.4 is 5.32 Å². The SMILES string of the molecule is COCC(=O)Nc1ccc(Br)c(F)c1. The molecule has 0 heterocycles. The van der Waals surface area contributed by atoms with E-state index < -0.39 is 5.82 Å². The Hall–Kier alpha value is -0.940. The van der Waals surface area contributed by atoms with Gasteiger partial charge in [0.25, 0.3) is 0 Å². The summed E-state index contributed by atoms with van der Waals surface area (Å²) in [5.41, 5.74) is 0.410. The Kier molecular flexibility index (Phi) is 4.03. The maximum Gasteiger partial charge on any atom is 0.250 e. The first-order valence-electron chi connectivity index (χ1n) is 3.87. The number of nitrogens with one attached hydrogen (secondary N) is 1. The van der Waals surface area contributed by atoms with Crippen LogP contribution in [0, 0.1) is 5.82 Å². The number of carbonyl (C=O) groups is 1. The molecule has 5 heteroatoms. The predicted molar refractivity (Wildman–Crippen MR) is 54.6 cm³/mol. The van der Waals surface area contributed by atoms with Crippen LogP contribution >= 0.6 is 15.9 Å². The van der Waals surface area contributed by atoms with E-state index in [1.807, 2.05) is 0 Å². The van der Waals surface area contributed by atoms with Gasteiger partial charge in [-0.1, -0.05) is 0 Å². The molecule has 0 unspecified atom stereocenters. The van der Waals surface area contributed by atoms with E-state index >= 15 is 0 Å². The van der Waals surface area contributed by atoms with E-state index in [2.05, 4.69) is 26.0 Å². The smallest absolute Gasteiger partial charge is 0.250 e. The Balaban J connectivity index is 2.68. The van der Waals surface area contributed by atoms with Gasteiger partial charge in [0.15, 0.2) is 0 Å². The summed E-state index contributed by atoms with van der Waals surface area (Å²) in [7, 11) is 1.42. The topological polar surface area (TPSA) is 38.3 Å². The van der Waals surface area contributed by atoms with Crippen molar-refractivity contribution in [2.24, 2.45) is 0 Å². The molecule has 0 atom stereocenters. The average molecular weight is 262 g/mol. The zero-order valence-electron chi connectivity index (χ0n) is 7.51. The second-order valence-corrected chi connectivity index (χ2v) is 3.46. The molecule has 0 radical (unpaired) electrons. The number of benzene rings is 1. The van der Waals surface area contributed by atoms with Gasteiger partial charge in [0, 0.05) is 12.8 Å². The number of methoxy groups -OCH3 is 1. The number of carbonyl (C=O) groups excluding carboxylic acids is 1. The minimum atomic E-state index is -0.416. The summed E-state index contributed by atoms with van der Waals surface area (Å²) in [5, 5.41) is 2.49. The maximum atomic E-state index is 13.0. The van der Waals surface area contributed by atoms with Gasteiger partial charge in [0.2, 0.25) is 5.91 Å². The number of ether oxygens (including phenoxy) is 1. The van der Waals surface area contributed by atoms with Crippen molar-refractivity contribution in [3.63, 3.8) is 0 Å². The van der Waals surface area contributed by atoms with E-state index in [1.165, 1.54) is 19.2 Å². The van der Waals surface area contributed by atoms with Crippen LogP contribution in [0.25, 0.3) is 0 Å². The van der Waals surface area contributed by atoms with E-state index in [-0.39, 0.29) is 12.5 Å². The second-order valence-electron chi connectivity index (χ2n) is 2.61. The lowest BCUT2D eigenvalue weighted by Crippen LogP contribution is -2.17. The third-order valence-electron chi connectivity index (χ3n) is 1.48. The molecule has 0 spiro atoms. The van der Waals surface area contributed by atoms with Gasteiger partial charge in [-0.05, 0) is 34.1 Å². The fourth-order valence-electron chi connectivity index (χ4n) is 0.902. The highest BCUT2D eigenvalue weighted by molar-refractivity contribution is 9.10. The first kappa shape index (κ1) is 11.1. The Morgan fingerprint density at radius 2 is 2.36 bits per heavy atom. The van der Waals surface area contributed by atoms with Gasteiger partial charge in [-0.15, -0.1) is 0 Å². The summed E-state index contributed by atoms with van der Waals surface area (Å²) in [6.07, 6.45) is 0. The van der Waals surface area contributed by atoms with Crippen LogP contribution in [0.15, 0.2) is 22.7 Å². The minimum Gasteiger partial charge on any atom is -0.375 e. The predicted octanol–water partition coefficient (Wildman–Crippen LogP) is 2.17. The van der Waals surface area contributed by atoms with Crippen molar-refractivity contribution in [2.75, 3.05) is 19.0 Å². The molecule has 1 N–H and O–H groups in total. The number of rotatable bonds is 3. The van der Waals surface area contributed by atoms with E-state index in [4.69, 9.17) is 0 Å². The summed E-state index contributed by atoms with van der Waals surface area (Å²) in [5.74, 6) is -0.727. The first-order chi connectivity index (χ1) is 6.63. The summed E-state index contributed by atoms with van der Waals surface area (Å²) in [6, 6.07) is 4.36. The minimum absolute atomic E-state index is 0.0440. The summed E-state index contributed by atoms with van der Waals surface area (Å²) in [4.78, 5) is 11.0. The van der Waals surface area contributed by atoms with E-state index in [0.29, 0.717) is 10.2 Å². The third kappa shape index (κ3) is 3.08. The molecule has 1 aromatic rings. The zero-order valence-corrected chi connectivity index (χ0v) is 9.10. The monoisotopic (exact) mass is 261 g/mol. The first-order valence-corrected chi connectivity index (χ1v) is 4.66. The standard InChI is InChI=1S/C9H9BrFNO2/c1-14-5-9(13)12-6-2-3-7(10)8(11)4-6/h2-4H,5H2,1H3,(H,12,13). The van der Waals surface area contributed by atoms with Crippen LogP contribution in [0.4, 0.5) is 10.1 Å². The molecule has 0 aliphatic carbocycles. The van der Waals surface area contributed by atoms with Crippen molar-refractivity contribution in [1.29, 1.82) is 0 Å². The highest BCUT2D eigenvalue weighted by atomic mass is 79.9. The summed E-state index contributed by atoms with van der Waals surface area (Å²) >= 11 is 3.01. The third-order valence-corrected chi connectivity index (χ3v) is 2.12. The fraction of sp³-hybridized carbons (Fsp3) is 0.222. The zero-order chi connectivity index (χ0) is 10.6. The van der Waals surface area contributed by atoms with Crippen molar-refractivity contribution in [1.82, 2.24) is 0 Å². The highest BCUT2D eigenvalue weighted by Crippen LogP contribution is 2.19. The number of halogens is 2. The van der Waals surface area contributed by atoms with Gasteiger partial charge in [-0.25, -0.2) is 4.39 Å². The van der Waals surface area contributed by atoms with Crippen molar-refractivity contribution in [2.45, 2.75) is 0 Å². The van der Waals surface area contributed by atoms with Crippen molar-refractivity contribution in [3.8, 4) is 0 Å². The molecular weight excluding hydrogens is 253 g/mol. The number of anilines is 1. The van der Waals surface area contributed by atoms with Gasteiger partial charge in [0.05, 0.1) is 4.47 Å². The molecule has 1 rings (SSSR count). The number of amides is 1. The van der Waals surface area contributed by atoms with E-state index in [0.717, 1.165) is 0 Å². The molecule has 0 saturated carbocycles. The van der Waals surface area contributed by atoms with Crippen molar-refractivity contribution >= 4 is 27.5 Å². The molecule has 0 aliphatic heterocycles. The Labute approximate surface area is 89.4 Å². The van der Waals surface area contributed by atoms with Crippen molar-refractivity contribution < 1.29 is 13.9 Å². The molecule has 0 fully saturated rings. The molecule has 1 aromatic carbocycles. The van der Waals surface area contributed by atoms with Gasteiger partial charge in [-0.3, -0.25) is 4.79 Å². The Morgan fingerprint density at radius 3 is 2.93 bits per heavy atom. The van der Waals surface area contributed by atoms with Crippen molar-refractivity contribution in [3.05, 3.63) is 28.5 Å². The van der Waals surface area contributed by atoms with Crippen LogP contribution in [-0.2, 0) is 9.53 Å². The number of hydrogen-bond donors (Lipinski definition) is 1. The lowest BCUT2D eigenvalue weighted by Gasteiger charge is -2.04. The number of hydrogen-bond acceptors (Lipinski definition) is 2. The quantitative estimate of drug-likeness (QED) is 0.906. The van der Waals surface area contributed by atoms with Gasteiger partial charge in [0.1, 0.15) is 12.4 Å². The second kappa shape index (κ2) is 5.07. The fourth-order valence-corrected chi connectivity index (χ4v) is 1.15. The van der Waals surface area contributed by atoms with Crippen LogP contribution in [-0.4, -0.2) is 19.6 Å². The molecule has 76 valence electrons. The lowest BCUT2D eigenvalue weighted by atomic mass is 10.3. The Morgan fingerprint density at radius 1 is 1.64 bits per heavy atom. The van der Waals surface area contributed by atoms with Gasteiger partial charge < -0.3 is 10.1 Å². The van der Waals surface area contributed by atoms with E-state index in [9.17, 15) is 9.18 Å². The van der Waals surface area contributed by atoms with Crippen LogP contribution in [0.3, 0.4) is 0 Å². The molecule has 0 bridgehead atoms. The molecule has 0 aliphatic rings. The Bertz CT molecular complexity index is 344. The molecule has 0 aromatic heterocycles. The van der Waals surface area contributed by atoms with Gasteiger partial charge >= 0.3 is 0 Å². The molecule has 14 heavy (non-hydrogen) atoms. The summed E-state index contributed by atoms with van der Waals surface area (Å²) < 4.78 is 18.0. The molecule has 3 nitrogen and oxygen atoms in total. The molecule has 1 amide bonds. The molecule has 0 saturated heterocycles. The van der Waals surface area contributed by atoms with Crippen LogP contribution in [0.5, 0.6) is 0 Å². The van der Waals surface area contributed by atoms with Crippen LogP contribution in [0.2, 0.25) is 0 Å². The largest absolute Gasteiger partial charge is 0.375 e. The van der Waals surface area contributed by atoms with Crippen LogP contribution in [0.1, 0.15) is 0 Å².